The zero-order valence-corrected chi connectivity index (χ0v) is 13.7. The van der Waals surface area contributed by atoms with Gasteiger partial charge >= 0.3 is 5.97 Å². The Bertz CT molecular complexity index is 671. The minimum Gasteiger partial charge on any atom is -0.478 e. The summed E-state index contributed by atoms with van der Waals surface area (Å²) in [6.45, 7) is 2.47. The molecule has 0 aliphatic heterocycles. The standard InChI is InChI=1S/C13H15Cl2NO4S/c1-2-16(7-8-3-4-8)21(19,20)10-6-5-9(14)11(12(10)15)13(17)18/h5-6,8H,2-4,7H2,1H3,(H,17,18). The molecule has 0 heterocycles. The average Bonchev–Trinajstić information content (AvgIpc) is 3.18. The van der Waals surface area contributed by atoms with E-state index in [4.69, 9.17) is 28.3 Å². The monoisotopic (exact) mass is 351 g/mol. The third kappa shape index (κ3) is 3.34. The summed E-state index contributed by atoms with van der Waals surface area (Å²) in [5, 5.41) is 8.68. The zero-order valence-electron chi connectivity index (χ0n) is 11.3. The number of carboxylic acid groups (broad SMARTS) is 1. The molecule has 1 aromatic rings. The molecule has 1 aromatic carbocycles. The average molecular weight is 352 g/mol. The second-order valence-corrected chi connectivity index (χ2v) is 7.63. The highest BCUT2D eigenvalue weighted by atomic mass is 35.5. The van der Waals surface area contributed by atoms with Gasteiger partial charge in [0.1, 0.15) is 4.90 Å². The van der Waals surface area contributed by atoms with E-state index in [1.807, 2.05) is 0 Å². The molecule has 0 saturated heterocycles. The molecule has 2 rings (SSSR count). The molecule has 0 spiro atoms. The number of rotatable bonds is 6. The third-order valence-electron chi connectivity index (χ3n) is 3.40. The van der Waals surface area contributed by atoms with Crippen molar-refractivity contribution >= 4 is 39.2 Å². The van der Waals surface area contributed by atoms with Gasteiger partial charge in [-0.15, -0.1) is 0 Å². The number of carbonyl (C=O) groups is 1. The maximum Gasteiger partial charge on any atom is 0.338 e. The molecule has 21 heavy (non-hydrogen) atoms. The fourth-order valence-electron chi connectivity index (χ4n) is 2.05. The number of nitrogens with zero attached hydrogens (tertiary/aromatic N) is 1. The van der Waals surface area contributed by atoms with E-state index >= 15 is 0 Å². The summed E-state index contributed by atoms with van der Waals surface area (Å²) in [6.07, 6.45) is 2.03. The summed E-state index contributed by atoms with van der Waals surface area (Å²) in [6, 6.07) is 2.50. The van der Waals surface area contributed by atoms with Crippen molar-refractivity contribution in [1.82, 2.24) is 4.31 Å². The molecule has 0 unspecified atom stereocenters. The van der Waals surface area contributed by atoms with Crippen LogP contribution in [0.15, 0.2) is 17.0 Å². The van der Waals surface area contributed by atoms with Crippen molar-refractivity contribution in [2.75, 3.05) is 13.1 Å². The third-order valence-corrected chi connectivity index (χ3v) is 6.20. The second-order valence-electron chi connectivity index (χ2n) is 4.94. The molecule has 1 fully saturated rings. The van der Waals surface area contributed by atoms with Gasteiger partial charge in [0, 0.05) is 13.1 Å². The van der Waals surface area contributed by atoms with E-state index in [-0.39, 0.29) is 20.5 Å². The van der Waals surface area contributed by atoms with Crippen LogP contribution in [-0.4, -0.2) is 36.9 Å². The van der Waals surface area contributed by atoms with Gasteiger partial charge in [-0.3, -0.25) is 0 Å². The first-order valence-electron chi connectivity index (χ1n) is 6.50. The van der Waals surface area contributed by atoms with Crippen LogP contribution in [0.2, 0.25) is 10.0 Å². The van der Waals surface area contributed by atoms with Gasteiger partial charge in [0.05, 0.1) is 15.6 Å². The lowest BCUT2D eigenvalue weighted by atomic mass is 10.2. The van der Waals surface area contributed by atoms with Gasteiger partial charge in [-0.2, -0.15) is 4.31 Å². The van der Waals surface area contributed by atoms with Crippen molar-refractivity contribution in [3.63, 3.8) is 0 Å². The van der Waals surface area contributed by atoms with Gasteiger partial charge in [-0.05, 0) is 30.9 Å². The molecule has 1 N–H and O–H groups in total. The largest absolute Gasteiger partial charge is 0.478 e. The SMILES string of the molecule is CCN(CC1CC1)S(=O)(=O)c1ccc(Cl)c(C(=O)O)c1Cl. The van der Waals surface area contributed by atoms with E-state index in [1.165, 1.54) is 16.4 Å². The minimum absolute atomic E-state index is 0.0864. The maximum atomic E-state index is 12.6. The maximum absolute atomic E-state index is 12.6. The van der Waals surface area contributed by atoms with E-state index in [0.717, 1.165) is 12.8 Å². The summed E-state index contributed by atoms with van der Waals surface area (Å²) >= 11 is 11.8. The molecule has 1 aliphatic carbocycles. The molecular weight excluding hydrogens is 337 g/mol. The van der Waals surface area contributed by atoms with Gasteiger partial charge in [-0.25, -0.2) is 13.2 Å². The Hall–Kier alpha value is -0.820. The highest BCUT2D eigenvalue weighted by Gasteiger charge is 2.33. The molecule has 5 nitrogen and oxygen atoms in total. The summed E-state index contributed by atoms with van der Waals surface area (Å²) < 4.78 is 26.6. The van der Waals surface area contributed by atoms with Crippen molar-refractivity contribution in [3.8, 4) is 0 Å². The van der Waals surface area contributed by atoms with Crippen LogP contribution >= 0.6 is 23.2 Å². The normalized spacial score (nSPS) is 15.4. The van der Waals surface area contributed by atoms with Crippen molar-refractivity contribution < 1.29 is 18.3 Å². The molecule has 0 amide bonds. The Labute approximate surface area is 133 Å². The lowest BCUT2D eigenvalue weighted by molar-refractivity contribution is 0.0697. The Balaban J connectivity index is 2.48. The Morgan fingerprint density at radius 2 is 2.00 bits per heavy atom. The molecule has 0 atom stereocenters. The van der Waals surface area contributed by atoms with Gasteiger partial charge in [-0.1, -0.05) is 30.1 Å². The molecule has 1 aliphatic rings. The number of carboxylic acids is 1. The second kappa shape index (κ2) is 6.12. The van der Waals surface area contributed by atoms with Gasteiger partial charge in [0.2, 0.25) is 10.0 Å². The van der Waals surface area contributed by atoms with Crippen LogP contribution in [0, 0.1) is 5.92 Å². The summed E-state index contributed by atoms with van der Waals surface area (Å²) in [7, 11) is -3.83. The molecular formula is C13H15Cl2NO4S. The highest BCUT2D eigenvalue weighted by Crippen LogP contribution is 2.35. The fourth-order valence-corrected chi connectivity index (χ4v) is 4.47. The number of hydrogen-bond donors (Lipinski definition) is 1. The molecule has 0 radical (unpaired) electrons. The van der Waals surface area contributed by atoms with Crippen LogP contribution in [0.3, 0.4) is 0 Å². The van der Waals surface area contributed by atoms with Crippen molar-refractivity contribution in [2.45, 2.75) is 24.7 Å². The van der Waals surface area contributed by atoms with Crippen LogP contribution in [0.1, 0.15) is 30.1 Å². The number of halogens is 2. The summed E-state index contributed by atoms with van der Waals surface area (Å²) in [4.78, 5) is 11.0. The Morgan fingerprint density at radius 1 is 1.38 bits per heavy atom. The number of hydrogen-bond acceptors (Lipinski definition) is 3. The fraction of sp³-hybridized carbons (Fsp3) is 0.462. The van der Waals surface area contributed by atoms with E-state index in [2.05, 4.69) is 0 Å². The zero-order chi connectivity index (χ0) is 15.8. The first-order valence-corrected chi connectivity index (χ1v) is 8.70. The van der Waals surface area contributed by atoms with Crippen molar-refractivity contribution in [1.29, 1.82) is 0 Å². The van der Waals surface area contributed by atoms with E-state index in [0.29, 0.717) is 19.0 Å². The molecule has 8 heteroatoms. The summed E-state index contributed by atoms with van der Waals surface area (Å²) in [5.74, 6) is -0.975. The van der Waals surface area contributed by atoms with Crippen LogP contribution in [0.25, 0.3) is 0 Å². The lowest BCUT2D eigenvalue weighted by Crippen LogP contribution is -2.33. The van der Waals surface area contributed by atoms with Gasteiger partial charge in [0.25, 0.3) is 0 Å². The topological polar surface area (TPSA) is 74.7 Å². The molecule has 116 valence electrons. The van der Waals surface area contributed by atoms with E-state index in [9.17, 15) is 13.2 Å². The van der Waals surface area contributed by atoms with Crippen LogP contribution in [-0.2, 0) is 10.0 Å². The highest BCUT2D eigenvalue weighted by molar-refractivity contribution is 7.89. The summed E-state index contributed by atoms with van der Waals surface area (Å²) in [5.41, 5.74) is -0.387. The van der Waals surface area contributed by atoms with E-state index in [1.54, 1.807) is 6.92 Å². The van der Waals surface area contributed by atoms with Crippen LogP contribution < -0.4 is 0 Å². The number of sulfonamides is 1. The Morgan fingerprint density at radius 3 is 2.48 bits per heavy atom. The first kappa shape index (κ1) is 16.5. The number of aromatic carboxylic acids is 1. The van der Waals surface area contributed by atoms with Gasteiger partial charge < -0.3 is 5.11 Å². The quantitative estimate of drug-likeness (QED) is 0.854. The molecule has 0 aromatic heterocycles. The predicted molar refractivity (Wildman–Crippen MR) is 80.6 cm³/mol. The Kier molecular flexibility index (Phi) is 4.82. The smallest absolute Gasteiger partial charge is 0.338 e. The van der Waals surface area contributed by atoms with Crippen LogP contribution in [0.4, 0.5) is 0 Å². The predicted octanol–water partition coefficient (Wildman–Crippen LogP) is 3.11. The van der Waals surface area contributed by atoms with Crippen molar-refractivity contribution in [2.24, 2.45) is 5.92 Å². The van der Waals surface area contributed by atoms with Gasteiger partial charge in [0.15, 0.2) is 0 Å². The first-order chi connectivity index (χ1) is 9.78. The van der Waals surface area contributed by atoms with Crippen molar-refractivity contribution in [3.05, 3.63) is 27.7 Å². The molecule has 1 saturated carbocycles. The number of benzene rings is 1. The molecule has 0 bridgehead atoms. The van der Waals surface area contributed by atoms with E-state index < -0.39 is 16.0 Å². The minimum atomic E-state index is -3.83. The van der Waals surface area contributed by atoms with Crippen LogP contribution in [0.5, 0.6) is 0 Å². The lowest BCUT2D eigenvalue weighted by Gasteiger charge is -2.21.